The van der Waals surface area contributed by atoms with Gasteiger partial charge in [-0.2, -0.15) is 0 Å². The number of fused-ring (bicyclic) bond motifs is 1. The first kappa shape index (κ1) is 14.7. The molecule has 2 atom stereocenters. The number of nitrogens with one attached hydrogen (secondary N) is 2. The average molecular weight is 326 g/mol. The van der Waals surface area contributed by atoms with Crippen LogP contribution in [0.1, 0.15) is 11.4 Å². The van der Waals surface area contributed by atoms with Crippen LogP contribution in [0.4, 0.5) is 0 Å². The summed E-state index contributed by atoms with van der Waals surface area (Å²) in [5.74, 6) is -0.0595. The predicted octanol–water partition coefficient (Wildman–Crippen LogP) is 1.33. The first-order valence-electron chi connectivity index (χ1n) is 6.86. The number of amides is 1. The number of halogens is 1. The third-order valence-corrected chi connectivity index (χ3v) is 4.79. The number of hydrogen-bond acceptors (Lipinski definition) is 5. The molecule has 7 heteroatoms. The van der Waals surface area contributed by atoms with Gasteiger partial charge in [0.1, 0.15) is 0 Å². The summed E-state index contributed by atoms with van der Waals surface area (Å²) in [6, 6.07) is 5.37. The molecular weight excluding hydrogens is 310 g/mol. The lowest BCUT2D eigenvalue weighted by Gasteiger charge is -2.10. The van der Waals surface area contributed by atoms with Gasteiger partial charge >= 0.3 is 0 Å². The highest BCUT2D eigenvalue weighted by atomic mass is 35.5. The molecule has 21 heavy (non-hydrogen) atoms. The van der Waals surface area contributed by atoms with Gasteiger partial charge < -0.3 is 15.7 Å². The number of aliphatic hydroxyl groups excluding tert-OH is 1. The largest absolute Gasteiger partial charge is 0.392 e. The molecule has 0 radical (unpaired) electrons. The Labute approximate surface area is 131 Å². The Morgan fingerprint density at radius 1 is 1.57 bits per heavy atom. The van der Waals surface area contributed by atoms with E-state index in [0.29, 0.717) is 31.0 Å². The van der Waals surface area contributed by atoms with E-state index in [1.165, 1.54) is 0 Å². The molecule has 1 aromatic carbocycles. The normalized spacial score (nSPS) is 21.8. The van der Waals surface area contributed by atoms with Crippen LogP contribution < -0.4 is 10.6 Å². The number of rotatable bonds is 4. The molecule has 112 valence electrons. The van der Waals surface area contributed by atoms with Gasteiger partial charge in [0.25, 0.3) is 0 Å². The van der Waals surface area contributed by atoms with Crippen molar-refractivity contribution >= 4 is 39.1 Å². The minimum Gasteiger partial charge on any atom is -0.392 e. The summed E-state index contributed by atoms with van der Waals surface area (Å²) < 4.78 is 1.10. The van der Waals surface area contributed by atoms with Crippen molar-refractivity contribution < 1.29 is 9.90 Å². The van der Waals surface area contributed by atoms with Crippen LogP contribution in [0.2, 0.25) is 5.02 Å². The number of carbonyl (C=O) groups excluding carboxylic acids is 1. The van der Waals surface area contributed by atoms with Crippen LogP contribution in [0.5, 0.6) is 0 Å². The zero-order valence-corrected chi connectivity index (χ0v) is 12.9. The Kier molecular flexibility index (Phi) is 4.40. The highest BCUT2D eigenvalue weighted by Gasteiger charge is 2.27. The molecule has 1 aromatic heterocycles. The Bertz CT molecular complexity index is 661. The summed E-state index contributed by atoms with van der Waals surface area (Å²) in [4.78, 5) is 16.4. The standard InChI is InChI=1S/C14H16ClN3O2S/c15-8-1-2-12-10(5-8)18-13(21-12)3-4-16-14(20)11-6-9(19)7-17-11/h1-2,5,9,11,17,19H,3-4,6-7H2,(H,16,20)/t9-,11+/m1/s1. The van der Waals surface area contributed by atoms with Crippen LogP contribution in [0.25, 0.3) is 10.2 Å². The molecule has 0 saturated carbocycles. The number of β-amino-alcohol motifs (C(OH)–C–C–N with tert-alkyl or cyclic N) is 1. The van der Waals surface area contributed by atoms with Crippen molar-refractivity contribution in [3.63, 3.8) is 0 Å². The number of aliphatic hydroxyl groups is 1. The molecule has 1 amide bonds. The molecule has 2 heterocycles. The van der Waals surface area contributed by atoms with E-state index in [9.17, 15) is 9.90 Å². The quantitative estimate of drug-likeness (QED) is 0.793. The predicted molar refractivity (Wildman–Crippen MR) is 83.8 cm³/mol. The van der Waals surface area contributed by atoms with Crippen molar-refractivity contribution in [1.82, 2.24) is 15.6 Å². The van der Waals surface area contributed by atoms with Crippen molar-refractivity contribution in [1.29, 1.82) is 0 Å². The minimum absolute atomic E-state index is 0.0595. The van der Waals surface area contributed by atoms with E-state index in [0.717, 1.165) is 15.2 Å². The smallest absolute Gasteiger partial charge is 0.237 e. The molecule has 3 rings (SSSR count). The number of thiazole rings is 1. The second-order valence-electron chi connectivity index (χ2n) is 5.11. The molecule has 0 bridgehead atoms. The SMILES string of the molecule is O=C(NCCc1nc2cc(Cl)ccc2s1)[C@@H]1C[C@@H](O)CN1. The Hall–Kier alpha value is -1.21. The lowest BCUT2D eigenvalue weighted by molar-refractivity contribution is -0.122. The van der Waals surface area contributed by atoms with Crippen molar-refractivity contribution in [2.45, 2.75) is 25.0 Å². The van der Waals surface area contributed by atoms with Gasteiger partial charge in [0, 0.05) is 24.5 Å². The molecule has 5 nitrogen and oxygen atoms in total. The second-order valence-corrected chi connectivity index (χ2v) is 6.66. The van der Waals surface area contributed by atoms with Crippen LogP contribution in [0.3, 0.4) is 0 Å². The van der Waals surface area contributed by atoms with Crippen molar-refractivity contribution in [2.75, 3.05) is 13.1 Å². The Morgan fingerprint density at radius 2 is 2.43 bits per heavy atom. The monoisotopic (exact) mass is 325 g/mol. The maximum atomic E-state index is 11.9. The van der Waals surface area contributed by atoms with Crippen LogP contribution in [-0.4, -0.2) is 41.2 Å². The van der Waals surface area contributed by atoms with E-state index in [4.69, 9.17) is 11.6 Å². The molecule has 1 aliphatic heterocycles. The summed E-state index contributed by atoms with van der Waals surface area (Å²) in [7, 11) is 0. The van der Waals surface area contributed by atoms with Gasteiger partial charge in [0.2, 0.25) is 5.91 Å². The Balaban J connectivity index is 1.53. The molecule has 2 aromatic rings. The van der Waals surface area contributed by atoms with Crippen molar-refractivity contribution in [3.05, 3.63) is 28.2 Å². The fourth-order valence-electron chi connectivity index (χ4n) is 2.39. The number of aromatic nitrogens is 1. The highest BCUT2D eigenvalue weighted by Crippen LogP contribution is 2.25. The molecule has 0 aliphatic carbocycles. The van der Waals surface area contributed by atoms with E-state index in [-0.39, 0.29) is 11.9 Å². The Morgan fingerprint density at radius 3 is 3.19 bits per heavy atom. The molecule has 1 saturated heterocycles. The topological polar surface area (TPSA) is 74.2 Å². The van der Waals surface area contributed by atoms with E-state index in [1.54, 1.807) is 11.3 Å². The number of benzene rings is 1. The van der Waals surface area contributed by atoms with Crippen LogP contribution >= 0.6 is 22.9 Å². The summed E-state index contributed by atoms with van der Waals surface area (Å²) >= 11 is 7.55. The van der Waals surface area contributed by atoms with Gasteiger partial charge in [-0.1, -0.05) is 11.6 Å². The fraction of sp³-hybridized carbons (Fsp3) is 0.429. The van der Waals surface area contributed by atoms with E-state index >= 15 is 0 Å². The van der Waals surface area contributed by atoms with E-state index < -0.39 is 6.10 Å². The number of nitrogens with zero attached hydrogens (tertiary/aromatic N) is 1. The number of hydrogen-bond donors (Lipinski definition) is 3. The molecule has 0 spiro atoms. The minimum atomic E-state index is -0.422. The van der Waals surface area contributed by atoms with E-state index in [2.05, 4.69) is 15.6 Å². The lowest BCUT2D eigenvalue weighted by atomic mass is 10.2. The van der Waals surface area contributed by atoms with Gasteiger partial charge in [0.05, 0.1) is 27.4 Å². The maximum Gasteiger partial charge on any atom is 0.237 e. The molecule has 1 fully saturated rings. The summed E-state index contributed by atoms with van der Waals surface area (Å²) in [6.07, 6.45) is 0.749. The molecular formula is C14H16ClN3O2S. The molecule has 3 N–H and O–H groups in total. The second kappa shape index (κ2) is 6.27. The van der Waals surface area contributed by atoms with Gasteiger partial charge in [-0.25, -0.2) is 4.98 Å². The van der Waals surface area contributed by atoms with Crippen LogP contribution in [0.15, 0.2) is 18.2 Å². The van der Waals surface area contributed by atoms with Crippen LogP contribution in [0, 0.1) is 0 Å². The lowest BCUT2D eigenvalue weighted by Crippen LogP contribution is -2.41. The molecule has 1 aliphatic rings. The van der Waals surface area contributed by atoms with Crippen molar-refractivity contribution in [2.24, 2.45) is 0 Å². The number of carbonyl (C=O) groups is 1. The van der Waals surface area contributed by atoms with E-state index in [1.807, 2.05) is 18.2 Å². The average Bonchev–Trinajstić information content (AvgIpc) is 3.04. The molecule has 0 unspecified atom stereocenters. The zero-order valence-electron chi connectivity index (χ0n) is 11.3. The van der Waals surface area contributed by atoms with Crippen molar-refractivity contribution in [3.8, 4) is 0 Å². The third-order valence-electron chi connectivity index (χ3n) is 3.46. The van der Waals surface area contributed by atoms with Gasteiger partial charge in [-0.05, 0) is 24.6 Å². The summed E-state index contributed by atoms with van der Waals surface area (Å²) in [5, 5.41) is 16.9. The van der Waals surface area contributed by atoms with Gasteiger partial charge in [-0.3, -0.25) is 4.79 Å². The fourth-order valence-corrected chi connectivity index (χ4v) is 3.50. The van der Waals surface area contributed by atoms with Crippen LogP contribution in [-0.2, 0) is 11.2 Å². The summed E-state index contributed by atoms with van der Waals surface area (Å²) in [5.41, 5.74) is 0.898. The zero-order chi connectivity index (χ0) is 14.8. The highest BCUT2D eigenvalue weighted by molar-refractivity contribution is 7.18. The van der Waals surface area contributed by atoms with Gasteiger partial charge in [0.15, 0.2) is 0 Å². The maximum absolute atomic E-state index is 11.9. The summed E-state index contributed by atoms with van der Waals surface area (Å²) in [6.45, 7) is 1.03. The third kappa shape index (κ3) is 3.52. The van der Waals surface area contributed by atoms with Gasteiger partial charge in [-0.15, -0.1) is 11.3 Å². The first-order valence-corrected chi connectivity index (χ1v) is 8.05. The first-order chi connectivity index (χ1) is 10.1.